The predicted molar refractivity (Wildman–Crippen MR) is 116 cm³/mol. The number of carbonyl (C=O) groups is 1. The molecule has 140 valence electrons. The molecule has 0 saturated heterocycles. The Morgan fingerprint density at radius 3 is 2.19 bits per heavy atom. The van der Waals surface area contributed by atoms with E-state index in [4.69, 9.17) is 34.8 Å². The van der Waals surface area contributed by atoms with E-state index in [1.54, 1.807) is 18.8 Å². The maximum absolute atomic E-state index is 12.5. The number of nitrogens with one attached hydrogen (secondary N) is 1. The third-order valence-electron chi connectivity index (χ3n) is 3.36. The van der Waals surface area contributed by atoms with Crippen molar-refractivity contribution in [2.75, 3.05) is 18.1 Å². The van der Waals surface area contributed by atoms with Crippen LogP contribution in [0.2, 0.25) is 0 Å². The molecule has 2 aromatic carbocycles. The highest BCUT2D eigenvalue weighted by Crippen LogP contribution is 2.39. The summed E-state index contributed by atoms with van der Waals surface area (Å²) >= 11 is 21.1. The molecule has 0 fully saturated rings. The quantitative estimate of drug-likeness (QED) is 0.391. The van der Waals surface area contributed by atoms with Crippen LogP contribution in [0.4, 0.5) is 10.5 Å². The molecule has 8 heteroatoms. The first kappa shape index (κ1) is 21.6. The number of urea groups is 1. The van der Waals surface area contributed by atoms with Gasteiger partial charge in [0.15, 0.2) is 0 Å². The van der Waals surface area contributed by atoms with Crippen LogP contribution in [0.25, 0.3) is 0 Å². The van der Waals surface area contributed by atoms with Gasteiger partial charge in [-0.25, -0.2) is 4.79 Å². The number of halogens is 3. The molecule has 0 heterocycles. The minimum atomic E-state index is -1.57. The fourth-order valence-electron chi connectivity index (χ4n) is 2.13. The monoisotopic (exact) mass is 448 g/mol. The van der Waals surface area contributed by atoms with Crippen LogP contribution < -0.4 is 5.32 Å². The summed E-state index contributed by atoms with van der Waals surface area (Å²) in [6.45, 7) is 1.95. The predicted octanol–water partition coefficient (Wildman–Crippen LogP) is 6.75. The summed E-state index contributed by atoms with van der Waals surface area (Å²) in [6, 6.07) is 17.4. The van der Waals surface area contributed by atoms with Crippen LogP contribution in [-0.4, -0.2) is 32.9 Å². The SMILES string of the molecule is CCSC(N(C)C(=O)Nc1ccc(Sc2ccccc2)cc1)C(Cl)(Cl)Cl. The lowest BCUT2D eigenvalue weighted by Gasteiger charge is -2.32. The molecule has 2 amide bonds. The van der Waals surface area contributed by atoms with Gasteiger partial charge >= 0.3 is 6.03 Å². The van der Waals surface area contributed by atoms with E-state index in [0.717, 1.165) is 15.5 Å². The largest absolute Gasteiger partial charge is 0.322 e. The van der Waals surface area contributed by atoms with Crippen LogP contribution in [0.3, 0.4) is 0 Å². The number of hydrogen-bond donors (Lipinski definition) is 1. The number of anilines is 1. The average molecular weight is 450 g/mol. The van der Waals surface area contributed by atoms with Gasteiger partial charge in [-0.3, -0.25) is 0 Å². The minimum Gasteiger partial charge on any atom is -0.311 e. The molecule has 0 radical (unpaired) electrons. The molecule has 26 heavy (non-hydrogen) atoms. The molecular formula is C18H19Cl3N2OS2. The van der Waals surface area contributed by atoms with E-state index in [9.17, 15) is 4.79 Å². The summed E-state index contributed by atoms with van der Waals surface area (Å²) in [6.07, 6.45) is 0. The summed E-state index contributed by atoms with van der Waals surface area (Å²) in [7, 11) is 1.62. The second-order valence-electron chi connectivity index (χ2n) is 5.33. The molecule has 3 nitrogen and oxygen atoms in total. The van der Waals surface area contributed by atoms with Gasteiger partial charge in [0.25, 0.3) is 0 Å². The highest BCUT2D eigenvalue weighted by molar-refractivity contribution is 8.00. The van der Waals surface area contributed by atoms with Crippen LogP contribution in [0.15, 0.2) is 64.4 Å². The molecule has 0 spiro atoms. The van der Waals surface area contributed by atoms with E-state index >= 15 is 0 Å². The van der Waals surface area contributed by atoms with E-state index in [1.165, 1.54) is 16.7 Å². The van der Waals surface area contributed by atoms with Crippen molar-refractivity contribution in [3.63, 3.8) is 0 Å². The molecule has 0 aliphatic carbocycles. The number of carbonyl (C=O) groups excluding carboxylic acids is 1. The van der Waals surface area contributed by atoms with Gasteiger partial charge in [0.2, 0.25) is 3.79 Å². The van der Waals surface area contributed by atoms with Gasteiger partial charge in [-0.15, -0.1) is 11.8 Å². The number of alkyl halides is 3. The summed E-state index contributed by atoms with van der Waals surface area (Å²) in [5, 5.41) is 2.25. The molecule has 1 N–H and O–H groups in total. The maximum Gasteiger partial charge on any atom is 0.322 e. The molecule has 0 saturated carbocycles. The van der Waals surface area contributed by atoms with Gasteiger partial charge in [-0.1, -0.05) is 71.7 Å². The summed E-state index contributed by atoms with van der Waals surface area (Å²) in [5.74, 6) is 0.724. The standard InChI is InChI=1S/C18H19Cl3N2OS2/c1-3-25-16(18(19,20)21)23(2)17(24)22-13-9-11-15(12-10-13)26-14-7-5-4-6-8-14/h4-12,16H,3H2,1-2H3,(H,22,24). The number of nitrogens with zero attached hydrogens (tertiary/aromatic N) is 1. The topological polar surface area (TPSA) is 32.3 Å². The highest BCUT2D eigenvalue weighted by Gasteiger charge is 2.38. The van der Waals surface area contributed by atoms with E-state index in [2.05, 4.69) is 17.4 Å². The van der Waals surface area contributed by atoms with Gasteiger partial charge in [-0.2, -0.15) is 0 Å². The van der Waals surface area contributed by atoms with Crippen molar-refractivity contribution in [2.45, 2.75) is 25.9 Å². The number of amides is 2. The second kappa shape index (κ2) is 10.00. The molecular weight excluding hydrogens is 431 g/mol. The zero-order chi connectivity index (χ0) is 19.2. The van der Waals surface area contributed by atoms with Crippen LogP contribution in [0, 0.1) is 0 Å². The number of hydrogen-bond acceptors (Lipinski definition) is 3. The molecule has 0 aliphatic heterocycles. The Morgan fingerprint density at radius 2 is 1.65 bits per heavy atom. The Kier molecular flexibility index (Phi) is 8.30. The smallest absolute Gasteiger partial charge is 0.311 e. The van der Waals surface area contributed by atoms with E-state index in [-0.39, 0.29) is 6.03 Å². The van der Waals surface area contributed by atoms with E-state index in [1.807, 2.05) is 49.4 Å². The minimum absolute atomic E-state index is 0.328. The lowest BCUT2D eigenvalue weighted by atomic mass is 10.3. The molecule has 1 atom stereocenters. The Morgan fingerprint density at radius 1 is 1.08 bits per heavy atom. The van der Waals surface area contributed by atoms with Gasteiger partial charge in [0.05, 0.1) is 0 Å². The third kappa shape index (κ3) is 6.46. The first-order chi connectivity index (χ1) is 12.3. The second-order valence-corrected chi connectivity index (χ2v) is 10.2. The maximum atomic E-state index is 12.5. The van der Waals surface area contributed by atoms with Gasteiger partial charge < -0.3 is 10.2 Å². The van der Waals surface area contributed by atoms with Crippen molar-refractivity contribution in [3.8, 4) is 0 Å². The van der Waals surface area contributed by atoms with Crippen molar-refractivity contribution in [1.82, 2.24) is 4.90 Å². The van der Waals surface area contributed by atoms with Crippen molar-refractivity contribution >= 4 is 70.0 Å². The Bertz CT molecular complexity index is 709. The number of benzene rings is 2. The number of rotatable bonds is 6. The summed E-state index contributed by atoms with van der Waals surface area (Å²) in [5.41, 5.74) is 0.684. The first-order valence-corrected chi connectivity index (χ1v) is 10.9. The van der Waals surface area contributed by atoms with Crippen LogP contribution in [-0.2, 0) is 0 Å². The van der Waals surface area contributed by atoms with Crippen molar-refractivity contribution in [1.29, 1.82) is 0 Å². The molecule has 2 aromatic rings. The lowest BCUT2D eigenvalue weighted by molar-refractivity contribution is 0.219. The molecule has 0 aliphatic rings. The fourth-order valence-corrected chi connectivity index (χ4v) is 4.80. The number of thioether (sulfide) groups is 1. The van der Waals surface area contributed by atoms with Crippen molar-refractivity contribution in [3.05, 3.63) is 54.6 Å². The van der Waals surface area contributed by atoms with Gasteiger partial charge in [0, 0.05) is 22.5 Å². The molecule has 0 aromatic heterocycles. The molecule has 0 bridgehead atoms. The average Bonchev–Trinajstić information content (AvgIpc) is 2.60. The zero-order valence-electron chi connectivity index (χ0n) is 14.3. The van der Waals surface area contributed by atoms with Crippen LogP contribution in [0.1, 0.15) is 6.92 Å². The molecule has 2 rings (SSSR count). The zero-order valence-corrected chi connectivity index (χ0v) is 18.2. The van der Waals surface area contributed by atoms with Gasteiger partial charge in [0.1, 0.15) is 5.37 Å². The van der Waals surface area contributed by atoms with Gasteiger partial charge in [-0.05, 0) is 42.2 Å². The van der Waals surface area contributed by atoms with E-state index < -0.39 is 9.17 Å². The summed E-state index contributed by atoms with van der Waals surface area (Å²) < 4.78 is -1.57. The van der Waals surface area contributed by atoms with E-state index in [0.29, 0.717) is 5.69 Å². The summed E-state index contributed by atoms with van der Waals surface area (Å²) in [4.78, 5) is 16.1. The first-order valence-electron chi connectivity index (χ1n) is 7.86. The lowest BCUT2D eigenvalue weighted by Crippen LogP contribution is -2.45. The Hall–Kier alpha value is -0.720. The third-order valence-corrected chi connectivity index (χ3v) is 6.70. The molecule has 1 unspecified atom stereocenters. The Labute approximate surface area is 177 Å². The Balaban J connectivity index is 2.00. The van der Waals surface area contributed by atoms with Crippen molar-refractivity contribution < 1.29 is 4.79 Å². The van der Waals surface area contributed by atoms with Crippen molar-refractivity contribution in [2.24, 2.45) is 0 Å². The van der Waals surface area contributed by atoms with Crippen LogP contribution in [0.5, 0.6) is 0 Å². The van der Waals surface area contributed by atoms with Crippen LogP contribution >= 0.6 is 58.3 Å². The normalized spacial score (nSPS) is 12.5. The fraction of sp³-hybridized carbons (Fsp3) is 0.278. The highest BCUT2D eigenvalue weighted by atomic mass is 35.6.